The molecular weight excluding hydrogens is 493 g/mol. The van der Waals surface area contributed by atoms with Gasteiger partial charge in [-0.3, -0.25) is 19.3 Å². The highest BCUT2D eigenvalue weighted by Gasteiger charge is 2.50. The van der Waals surface area contributed by atoms with Crippen LogP contribution in [0.4, 0.5) is 10.1 Å². The average molecular weight is 520 g/mol. The molecule has 2 aliphatic rings. The highest BCUT2D eigenvalue weighted by atomic mass is 32.1. The van der Waals surface area contributed by atoms with Crippen LogP contribution in [-0.4, -0.2) is 31.4 Å². The summed E-state index contributed by atoms with van der Waals surface area (Å²) in [6, 6.07) is 17.0. The zero-order valence-electron chi connectivity index (χ0n) is 20.5. The molecule has 0 radical (unpaired) electrons. The van der Waals surface area contributed by atoms with E-state index in [-0.39, 0.29) is 31.0 Å². The normalized spacial score (nSPS) is 21.6. The van der Waals surface area contributed by atoms with Gasteiger partial charge in [-0.05, 0) is 43.0 Å². The molecule has 190 valence electrons. The van der Waals surface area contributed by atoms with Crippen LogP contribution >= 0.6 is 11.3 Å². The summed E-state index contributed by atoms with van der Waals surface area (Å²) >= 11 is 1.43. The van der Waals surface area contributed by atoms with Crippen LogP contribution in [0.15, 0.2) is 77.3 Å². The van der Waals surface area contributed by atoms with Gasteiger partial charge in [-0.1, -0.05) is 36.4 Å². The Kier molecular flexibility index (Phi) is 6.93. The number of ether oxygens (including phenoxy) is 2. The first-order valence-corrected chi connectivity index (χ1v) is 13.0. The summed E-state index contributed by atoms with van der Waals surface area (Å²) in [5.74, 6) is -3.59. The number of hydrogen-bond acceptors (Lipinski definition) is 6. The number of rotatable bonds is 6. The third-order valence-electron chi connectivity index (χ3n) is 6.98. The molecule has 1 aliphatic heterocycles. The van der Waals surface area contributed by atoms with Gasteiger partial charge in [0.1, 0.15) is 17.5 Å². The number of hydrogen-bond donors (Lipinski definition) is 0. The Morgan fingerprint density at radius 1 is 1.05 bits per heavy atom. The van der Waals surface area contributed by atoms with E-state index in [9.17, 15) is 14.4 Å². The highest BCUT2D eigenvalue weighted by Crippen LogP contribution is 2.51. The van der Waals surface area contributed by atoms with Crippen molar-refractivity contribution in [1.29, 1.82) is 0 Å². The second-order valence-electron chi connectivity index (χ2n) is 8.96. The molecule has 0 spiro atoms. The first-order valence-electron chi connectivity index (χ1n) is 12.1. The number of para-hydroxylation sites is 2. The highest BCUT2D eigenvalue weighted by molar-refractivity contribution is 7.10. The quantitative estimate of drug-likeness (QED) is 0.313. The van der Waals surface area contributed by atoms with E-state index < -0.39 is 35.3 Å². The zero-order valence-corrected chi connectivity index (χ0v) is 21.3. The molecule has 5 rings (SSSR count). The number of esters is 1. The molecule has 3 aromatic rings. The Morgan fingerprint density at radius 3 is 2.51 bits per heavy atom. The molecule has 37 heavy (non-hydrogen) atoms. The minimum atomic E-state index is -1.06. The number of amides is 1. The minimum absolute atomic E-state index is 0.0709. The molecule has 3 atom stereocenters. The maximum atomic E-state index is 15.0. The average Bonchev–Trinajstić information content (AvgIpc) is 3.44. The molecular formula is C29H26FNO5S. The Balaban J connectivity index is 1.75. The summed E-state index contributed by atoms with van der Waals surface area (Å²) in [5, 5.41) is 1.88. The van der Waals surface area contributed by atoms with E-state index in [0.717, 1.165) is 4.88 Å². The summed E-state index contributed by atoms with van der Waals surface area (Å²) in [6.07, 6.45) is 0.134. The fraction of sp³-hybridized carbons (Fsp3) is 0.276. The van der Waals surface area contributed by atoms with E-state index >= 15 is 4.39 Å². The molecule has 2 heterocycles. The largest absolute Gasteiger partial charge is 0.496 e. The van der Waals surface area contributed by atoms with Gasteiger partial charge in [-0.2, -0.15) is 0 Å². The van der Waals surface area contributed by atoms with E-state index in [4.69, 9.17) is 9.47 Å². The Morgan fingerprint density at radius 2 is 1.81 bits per heavy atom. The van der Waals surface area contributed by atoms with Crippen LogP contribution in [0.3, 0.4) is 0 Å². The van der Waals surface area contributed by atoms with Gasteiger partial charge in [0.2, 0.25) is 5.91 Å². The molecule has 1 amide bonds. The number of carbonyl (C=O) groups is 3. The van der Waals surface area contributed by atoms with Crippen LogP contribution < -0.4 is 9.64 Å². The molecule has 0 saturated heterocycles. The van der Waals surface area contributed by atoms with Gasteiger partial charge >= 0.3 is 5.97 Å². The smallest absolute Gasteiger partial charge is 0.317 e. The molecule has 2 aromatic carbocycles. The fourth-order valence-electron chi connectivity index (χ4n) is 5.43. The third kappa shape index (κ3) is 4.35. The number of thiophene rings is 1. The molecule has 0 N–H and O–H groups in total. The standard InChI is InChI=1S/C29H26FNO5S/c1-3-36-29(34)27-19(24-13-8-14-37-24)15-22-26(28(27)33)18(17-9-4-7-12-23(17)35-2)16-25(32)31(22)21-11-6-5-10-20(21)30/h4-14,18-19,27H,3,15-16H2,1-2H3/t18-,19-,27+/m1/s1. The number of allylic oxidation sites excluding steroid dienone is 2. The number of Topliss-reactive ketones (excluding diaryl/α,β-unsaturated/α-hetero) is 1. The number of nitrogens with zero attached hydrogens (tertiary/aromatic N) is 1. The fourth-order valence-corrected chi connectivity index (χ4v) is 6.30. The lowest BCUT2D eigenvalue weighted by molar-refractivity contribution is -0.152. The zero-order chi connectivity index (χ0) is 26.1. The first-order chi connectivity index (χ1) is 18.0. The SMILES string of the molecule is CCOC(=O)[C@@H]1C(=O)C2=C(C[C@@H]1c1cccs1)N(c1ccccc1F)C(=O)C[C@@H]2c1ccccc1OC. The van der Waals surface area contributed by atoms with Crippen molar-refractivity contribution in [2.24, 2.45) is 5.92 Å². The number of anilines is 1. The maximum absolute atomic E-state index is 15.0. The lowest BCUT2D eigenvalue weighted by Gasteiger charge is -2.42. The molecule has 1 aliphatic carbocycles. The van der Waals surface area contributed by atoms with Gasteiger partial charge in [-0.25, -0.2) is 4.39 Å². The second-order valence-corrected chi connectivity index (χ2v) is 9.94. The summed E-state index contributed by atoms with van der Waals surface area (Å²) < 4.78 is 25.9. The summed E-state index contributed by atoms with van der Waals surface area (Å²) in [7, 11) is 1.53. The first kappa shape index (κ1) is 24.9. The number of ketones is 1. The predicted octanol–water partition coefficient (Wildman–Crippen LogP) is 5.61. The van der Waals surface area contributed by atoms with E-state index in [1.165, 1.54) is 35.5 Å². The Hall–Kier alpha value is -3.78. The van der Waals surface area contributed by atoms with Gasteiger partial charge in [-0.15, -0.1) is 11.3 Å². The van der Waals surface area contributed by atoms with Crippen molar-refractivity contribution in [3.8, 4) is 5.75 Å². The number of benzene rings is 2. The predicted molar refractivity (Wildman–Crippen MR) is 138 cm³/mol. The molecule has 0 unspecified atom stereocenters. The Labute approximate surface area is 218 Å². The van der Waals surface area contributed by atoms with Gasteiger partial charge in [0.25, 0.3) is 0 Å². The van der Waals surface area contributed by atoms with E-state index in [1.54, 1.807) is 25.1 Å². The van der Waals surface area contributed by atoms with Crippen LogP contribution in [0.1, 0.15) is 42.0 Å². The van der Waals surface area contributed by atoms with Crippen molar-refractivity contribution in [3.63, 3.8) is 0 Å². The molecule has 0 fully saturated rings. The van der Waals surface area contributed by atoms with Gasteiger partial charge in [0.15, 0.2) is 5.78 Å². The van der Waals surface area contributed by atoms with Gasteiger partial charge < -0.3 is 9.47 Å². The number of carbonyl (C=O) groups excluding carboxylic acids is 3. The topological polar surface area (TPSA) is 72.9 Å². The van der Waals surface area contributed by atoms with E-state index in [0.29, 0.717) is 22.6 Å². The monoisotopic (exact) mass is 519 g/mol. The summed E-state index contributed by atoms with van der Waals surface area (Å²) in [4.78, 5) is 43.4. The minimum Gasteiger partial charge on any atom is -0.496 e. The third-order valence-corrected chi connectivity index (χ3v) is 7.98. The van der Waals surface area contributed by atoms with E-state index in [2.05, 4.69) is 0 Å². The van der Waals surface area contributed by atoms with Crippen LogP contribution in [0.2, 0.25) is 0 Å². The number of halogens is 1. The van der Waals surface area contributed by atoms with Crippen molar-refractivity contribution in [2.75, 3.05) is 18.6 Å². The van der Waals surface area contributed by atoms with Crippen molar-refractivity contribution >= 4 is 34.7 Å². The molecule has 1 aromatic heterocycles. The van der Waals surface area contributed by atoms with Crippen molar-refractivity contribution in [3.05, 3.63) is 93.6 Å². The Bertz CT molecular complexity index is 1380. The van der Waals surface area contributed by atoms with Crippen molar-refractivity contribution in [2.45, 2.75) is 31.6 Å². The number of methoxy groups -OCH3 is 1. The van der Waals surface area contributed by atoms with Crippen LogP contribution in [0.5, 0.6) is 5.75 Å². The maximum Gasteiger partial charge on any atom is 0.317 e. The lowest BCUT2D eigenvalue weighted by Crippen LogP contribution is -2.46. The van der Waals surface area contributed by atoms with E-state index in [1.807, 2.05) is 35.7 Å². The molecule has 0 saturated carbocycles. The summed E-state index contributed by atoms with van der Waals surface area (Å²) in [6.45, 7) is 1.84. The van der Waals surface area contributed by atoms with Crippen molar-refractivity contribution in [1.82, 2.24) is 0 Å². The molecule has 8 heteroatoms. The second kappa shape index (κ2) is 10.3. The lowest BCUT2D eigenvalue weighted by atomic mass is 9.69. The van der Waals surface area contributed by atoms with Gasteiger partial charge in [0.05, 0.1) is 19.4 Å². The molecule has 0 bridgehead atoms. The van der Waals surface area contributed by atoms with Crippen molar-refractivity contribution < 1.29 is 28.2 Å². The van der Waals surface area contributed by atoms with Crippen LogP contribution in [0, 0.1) is 11.7 Å². The van der Waals surface area contributed by atoms with Crippen LogP contribution in [-0.2, 0) is 19.1 Å². The van der Waals surface area contributed by atoms with Gasteiger partial charge in [0, 0.05) is 40.0 Å². The summed E-state index contributed by atoms with van der Waals surface area (Å²) in [5.41, 5.74) is 1.51. The molecule has 6 nitrogen and oxygen atoms in total. The van der Waals surface area contributed by atoms with Crippen LogP contribution in [0.25, 0.3) is 0 Å².